The fourth-order valence-corrected chi connectivity index (χ4v) is 5.68. The van der Waals surface area contributed by atoms with Gasteiger partial charge in [0.15, 0.2) is 11.5 Å². The number of hydrogen-bond donors (Lipinski definition) is 0. The predicted molar refractivity (Wildman–Crippen MR) is 146 cm³/mol. The summed E-state index contributed by atoms with van der Waals surface area (Å²) in [7, 11) is 1.88. The standard InChI is InChI=1S/C31H31N3O5/c1-32(15-12-21-6-3-2-4-7-21)29(35)23-13-16-33(17-14-23)25-9-5-8-24-28(25)31(37)34(30(24)36)19-22-10-11-26-27(18-22)39-20-38-26/h2-11,18,23H,12-17,19-20H2,1H3. The van der Waals surface area contributed by atoms with Crippen LogP contribution in [0.25, 0.3) is 0 Å². The molecule has 3 heterocycles. The number of likely N-dealkylation sites (N-methyl/N-ethyl adjacent to an activating group) is 1. The lowest BCUT2D eigenvalue weighted by Gasteiger charge is -2.35. The molecule has 3 amide bonds. The Labute approximate surface area is 227 Å². The third-order valence-electron chi connectivity index (χ3n) is 7.89. The van der Waals surface area contributed by atoms with Gasteiger partial charge in [-0.25, -0.2) is 0 Å². The second kappa shape index (κ2) is 10.4. The second-order valence-electron chi connectivity index (χ2n) is 10.3. The minimum Gasteiger partial charge on any atom is -0.454 e. The van der Waals surface area contributed by atoms with Crippen molar-refractivity contribution in [2.75, 3.05) is 38.4 Å². The molecular formula is C31H31N3O5. The highest BCUT2D eigenvalue weighted by Crippen LogP contribution is 2.37. The molecular weight excluding hydrogens is 494 g/mol. The summed E-state index contributed by atoms with van der Waals surface area (Å²) in [5.74, 6) is 0.825. The molecule has 0 aliphatic carbocycles. The molecule has 3 aliphatic rings. The maximum absolute atomic E-state index is 13.5. The predicted octanol–water partition coefficient (Wildman–Crippen LogP) is 4.13. The maximum Gasteiger partial charge on any atom is 0.263 e. The van der Waals surface area contributed by atoms with E-state index in [1.54, 1.807) is 12.1 Å². The lowest BCUT2D eigenvalue weighted by molar-refractivity contribution is -0.134. The summed E-state index contributed by atoms with van der Waals surface area (Å²) in [5.41, 5.74) is 3.66. The first-order valence-corrected chi connectivity index (χ1v) is 13.4. The average Bonchev–Trinajstić information content (AvgIpc) is 3.54. The number of hydrogen-bond acceptors (Lipinski definition) is 6. The zero-order chi connectivity index (χ0) is 26.9. The van der Waals surface area contributed by atoms with Crippen molar-refractivity contribution in [3.63, 3.8) is 0 Å². The van der Waals surface area contributed by atoms with Gasteiger partial charge in [0.25, 0.3) is 11.8 Å². The molecule has 8 heteroatoms. The van der Waals surface area contributed by atoms with Crippen molar-refractivity contribution < 1.29 is 23.9 Å². The van der Waals surface area contributed by atoms with Crippen molar-refractivity contribution in [3.8, 4) is 11.5 Å². The average molecular weight is 526 g/mol. The van der Waals surface area contributed by atoms with Crippen molar-refractivity contribution in [1.82, 2.24) is 9.80 Å². The molecule has 0 atom stereocenters. The number of carbonyl (C=O) groups excluding carboxylic acids is 3. The van der Waals surface area contributed by atoms with Gasteiger partial charge in [0.2, 0.25) is 12.7 Å². The van der Waals surface area contributed by atoms with Crippen LogP contribution in [-0.2, 0) is 17.8 Å². The summed E-state index contributed by atoms with van der Waals surface area (Å²) in [6.45, 7) is 2.33. The van der Waals surface area contributed by atoms with Crippen LogP contribution in [-0.4, -0.2) is 61.0 Å². The molecule has 0 spiro atoms. The third kappa shape index (κ3) is 4.82. The molecule has 3 aromatic carbocycles. The van der Waals surface area contributed by atoms with Gasteiger partial charge in [-0.05, 0) is 54.7 Å². The van der Waals surface area contributed by atoms with E-state index >= 15 is 0 Å². The number of anilines is 1. The third-order valence-corrected chi connectivity index (χ3v) is 7.89. The topological polar surface area (TPSA) is 79.4 Å². The van der Waals surface area contributed by atoms with Crippen molar-refractivity contribution in [2.24, 2.45) is 5.92 Å². The van der Waals surface area contributed by atoms with Crippen molar-refractivity contribution in [1.29, 1.82) is 0 Å². The summed E-state index contributed by atoms with van der Waals surface area (Å²) < 4.78 is 10.8. The van der Waals surface area contributed by atoms with Crippen LogP contribution >= 0.6 is 0 Å². The number of nitrogens with zero attached hydrogens (tertiary/aromatic N) is 3. The zero-order valence-electron chi connectivity index (χ0n) is 22.0. The van der Waals surface area contributed by atoms with Crippen LogP contribution in [0, 0.1) is 5.92 Å². The van der Waals surface area contributed by atoms with E-state index < -0.39 is 0 Å². The highest BCUT2D eigenvalue weighted by Gasteiger charge is 2.39. The van der Waals surface area contributed by atoms with Crippen LogP contribution < -0.4 is 14.4 Å². The first-order chi connectivity index (χ1) is 19.0. The molecule has 6 rings (SSSR count). The number of fused-ring (bicyclic) bond motifs is 2. The molecule has 1 saturated heterocycles. The van der Waals surface area contributed by atoms with Crippen LogP contribution in [0.4, 0.5) is 5.69 Å². The van der Waals surface area contributed by atoms with E-state index in [2.05, 4.69) is 17.0 Å². The lowest BCUT2D eigenvalue weighted by Crippen LogP contribution is -2.42. The van der Waals surface area contributed by atoms with Crippen molar-refractivity contribution in [3.05, 3.63) is 89.0 Å². The van der Waals surface area contributed by atoms with Gasteiger partial charge < -0.3 is 19.3 Å². The number of rotatable bonds is 7. The first kappa shape index (κ1) is 25.0. The fraction of sp³-hybridized carbons (Fsp3) is 0.323. The van der Waals surface area contributed by atoms with Crippen LogP contribution in [0.5, 0.6) is 11.5 Å². The molecule has 3 aromatic rings. The molecule has 0 radical (unpaired) electrons. The number of imide groups is 1. The largest absolute Gasteiger partial charge is 0.454 e. The fourth-order valence-electron chi connectivity index (χ4n) is 5.68. The van der Waals surface area contributed by atoms with Crippen LogP contribution in [0.3, 0.4) is 0 Å². The quantitative estimate of drug-likeness (QED) is 0.432. The Balaban J connectivity index is 1.11. The van der Waals surface area contributed by atoms with E-state index in [0.717, 1.165) is 17.7 Å². The van der Waals surface area contributed by atoms with Crippen LogP contribution in [0.1, 0.15) is 44.7 Å². The molecule has 0 bridgehead atoms. The lowest BCUT2D eigenvalue weighted by atomic mass is 9.94. The van der Waals surface area contributed by atoms with E-state index in [4.69, 9.17) is 9.47 Å². The Morgan fingerprint density at radius 2 is 1.67 bits per heavy atom. The van der Waals surface area contributed by atoms with E-state index in [9.17, 15) is 14.4 Å². The smallest absolute Gasteiger partial charge is 0.263 e. The Bertz CT molecular complexity index is 1410. The molecule has 1 fully saturated rings. The number of piperidine rings is 1. The number of amides is 3. The summed E-state index contributed by atoms with van der Waals surface area (Å²) in [5, 5.41) is 0. The van der Waals surface area contributed by atoms with E-state index in [0.29, 0.717) is 55.1 Å². The Morgan fingerprint density at radius 1 is 0.897 bits per heavy atom. The molecule has 0 N–H and O–H groups in total. The summed E-state index contributed by atoms with van der Waals surface area (Å²) >= 11 is 0. The zero-order valence-corrected chi connectivity index (χ0v) is 22.0. The second-order valence-corrected chi connectivity index (χ2v) is 10.3. The van der Waals surface area contributed by atoms with E-state index in [1.165, 1.54) is 10.5 Å². The highest BCUT2D eigenvalue weighted by atomic mass is 16.7. The SMILES string of the molecule is CN(CCc1ccccc1)C(=O)C1CCN(c2cccc3c2C(=O)N(Cc2ccc4c(c2)OCO4)C3=O)CC1. The van der Waals surface area contributed by atoms with E-state index in [-0.39, 0.29) is 37.0 Å². The minimum absolute atomic E-state index is 0.0429. The number of carbonyl (C=O) groups is 3. The minimum atomic E-state index is -0.292. The summed E-state index contributed by atoms with van der Waals surface area (Å²) in [4.78, 5) is 45.2. The molecule has 200 valence electrons. The molecule has 39 heavy (non-hydrogen) atoms. The van der Waals surface area contributed by atoms with Crippen LogP contribution in [0.15, 0.2) is 66.7 Å². The summed E-state index contributed by atoms with van der Waals surface area (Å²) in [6, 6.07) is 21.1. The molecule has 8 nitrogen and oxygen atoms in total. The Hall–Kier alpha value is -4.33. The van der Waals surface area contributed by atoms with Gasteiger partial charge in [-0.3, -0.25) is 19.3 Å². The number of ether oxygens (including phenoxy) is 2. The van der Waals surface area contributed by atoms with Gasteiger partial charge in [0.05, 0.1) is 23.4 Å². The normalized spacial score (nSPS) is 16.5. The van der Waals surface area contributed by atoms with Gasteiger partial charge in [-0.2, -0.15) is 0 Å². The van der Waals surface area contributed by atoms with Crippen LogP contribution in [0.2, 0.25) is 0 Å². The van der Waals surface area contributed by atoms with Crippen molar-refractivity contribution in [2.45, 2.75) is 25.8 Å². The molecule has 0 aromatic heterocycles. The van der Waals surface area contributed by atoms with Gasteiger partial charge in [0, 0.05) is 32.6 Å². The molecule has 0 saturated carbocycles. The van der Waals surface area contributed by atoms with Gasteiger partial charge in [0.1, 0.15) is 0 Å². The van der Waals surface area contributed by atoms with Gasteiger partial charge in [-0.15, -0.1) is 0 Å². The highest BCUT2D eigenvalue weighted by molar-refractivity contribution is 6.23. The monoisotopic (exact) mass is 525 g/mol. The van der Waals surface area contributed by atoms with Crippen molar-refractivity contribution >= 4 is 23.4 Å². The number of benzene rings is 3. The summed E-state index contributed by atoms with van der Waals surface area (Å²) in [6.07, 6.45) is 2.25. The van der Waals surface area contributed by atoms with Gasteiger partial charge in [-0.1, -0.05) is 42.5 Å². The Kier molecular flexibility index (Phi) is 6.69. The van der Waals surface area contributed by atoms with E-state index in [1.807, 2.05) is 54.4 Å². The first-order valence-electron chi connectivity index (χ1n) is 13.4. The Morgan fingerprint density at radius 3 is 2.46 bits per heavy atom. The van der Waals surface area contributed by atoms with Gasteiger partial charge >= 0.3 is 0 Å². The maximum atomic E-state index is 13.5. The molecule has 0 unspecified atom stereocenters. The molecule has 3 aliphatic heterocycles.